The van der Waals surface area contributed by atoms with Crippen molar-refractivity contribution in [3.63, 3.8) is 0 Å². The summed E-state index contributed by atoms with van der Waals surface area (Å²) >= 11 is 6.64. The van der Waals surface area contributed by atoms with E-state index in [0.29, 0.717) is 24.1 Å². The lowest BCUT2D eigenvalue weighted by molar-refractivity contribution is 0.0208. The number of hydrogen-bond donors (Lipinski definition) is 2. The van der Waals surface area contributed by atoms with E-state index < -0.39 is 11.2 Å². The molecular formula is C40H45ClN6O4. The minimum Gasteiger partial charge on any atom is -0.444 e. The van der Waals surface area contributed by atoms with Crippen LogP contribution in [-0.4, -0.2) is 66.2 Å². The lowest BCUT2D eigenvalue weighted by atomic mass is 9.98. The van der Waals surface area contributed by atoms with E-state index in [9.17, 15) is 9.59 Å². The molecule has 0 saturated carbocycles. The maximum absolute atomic E-state index is 12.9. The molecule has 0 aliphatic carbocycles. The van der Waals surface area contributed by atoms with Crippen LogP contribution in [0.25, 0.3) is 44.4 Å². The van der Waals surface area contributed by atoms with Gasteiger partial charge in [0.05, 0.1) is 23.5 Å². The van der Waals surface area contributed by atoms with E-state index in [1.807, 2.05) is 59.9 Å². The molecule has 2 aliphatic rings. The average Bonchev–Trinajstić information content (AvgIpc) is 3.89. The summed E-state index contributed by atoms with van der Waals surface area (Å²) in [5.41, 5.74) is 4.56. The van der Waals surface area contributed by atoms with E-state index in [0.717, 1.165) is 75.9 Å². The number of benzene rings is 3. The molecule has 10 nitrogen and oxygen atoms in total. The van der Waals surface area contributed by atoms with Gasteiger partial charge in [0, 0.05) is 30.4 Å². The van der Waals surface area contributed by atoms with Crippen LogP contribution in [0.3, 0.4) is 0 Å². The van der Waals surface area contributed by atoms with E-state index in [2.05, 4.69) is 63.5 Å². The number of carbonyl (C=O) groups excluding carboxylic acids is 2. The standard InChI is InChI=1S/C40H45ClN6O4/c1-39(2,3)50-37(48)46-19-7-9-31(46)35-42-23-30(43-35)29-18-17-27-21-26(15-16-28(27)22-29)24-11-13-25(14-12-24)33-34(41)45-36(44-33)32-10-8-20-47(32)38(49)51-40(4,5)6/h11-18,21-23,31-32H,7-10,19-20H2,1-6H3,(H,42,43)(H,44,45)/t31?,32-/m0/s1. The molecule has 0 bridgehead atoms. The Morgan fingerprint density at radius 1 is 0.706 bits per heavy atom. The number of hydrogen-bond acceptors (Lipinski definition) is 6. The summed E-state index contributed by atoms with van der Waals surface area (Å²) in [7, 11) is 0. The number of likely N-dealkylation sites (tertiary alicyclic amines) is 2. The number of fused-ring (bicyclic) bond motifs is 1. The van der Waals surface area contributed by atoms with Crippen LogP contribution >= 0.6 is 11.6 Å². The number of nitrogens with one attached hydrogen (secondary N) is 2. The quantitative estimate of drug-likeness (QED) is 0.188. The first-order chi connectivity index (χ1) is 24.2. The summed E-state index contributed by atoms with van der Waals surface area (Å²) in [6.45, 7) is 12.5. The Morgan fingerprint density at radius 2 is 1.22 bits per heavy atom. The molecule has 2 N–H and O–H groups in total. The summed E-state index contributed by atoms with van der Waals surface area (Å²) < 4.78 is 11.3. The summed E-state index contributed by atoms with van der Waals surface area (Å²) in [5, 5.41) is 2.61. The first-order valence-electron chi connectivity index (χ1n) is 17.7. The third kappa shape index (κ3) is 7.47. The van der Waals surface area contributed by atoms with E-state index in [4.69, 9.17) is 26.1 Å². The molecule has 0 radical (unpaired) electrons. The number of H-pyrrole nitrogens is 2. The zero-order valence-electron chi connectivity index (χ0n) is 30.0. The molecule has 3 aromatic carbocycles. The SMILES string of the molecule is CC(C)(C)OC(=O)N1CCCC1c1nc(-c2ccc3cc(-c4ccc(-c5[nH]c([C@@H]6CCCN6C(=O)OC(C)(C)C)nc5Cl)cc4)ccc3c2)c[nH]1. The van der Waals surface area contributed by atoms with Gasteiger partial charge in [-0.1, -0.05) is 60.1 Å². The van der Waals surface area contributed by atoms with Crippen molar-refractivity contribution in [2.75, 3.05) is 13.1 Å². The first-order valence-corrected chi connectivity index (χ1v) is 18.1. The fraction of sp³-hybridized carbons (Fsp3) is 0.400. The Kier molecular flexibility index (Phi) is 9.08. The molecule has 2 amide bonds. The van der Waals surface area contributed by atoms with Gasteiger partial charge in [-0.2, -0.15) is 0 Å². The zero-order valence-corrected chi connectivity index (χ0v) is 30.8. The summed E-state index contributed by atoms with van der Waals surface area (Å²) in [4.78, 5) is 45.5. The molecule has 11 heteroatoms. The molecule has 2 aliphatic heterocycles. The first kappa shape index (κ1) is 34.6. The van der Waals surface area contributed by atoms with Gasteiger partial charge >= 0.3 is 12.2 Å². The van der Waals surface area contributed by atoms with Gasteiger partial charge in [0.1, 0.15) is 22.9 Å². The molecule has 5 aromatic rings. The highest BCUT2D eigenvalue weighted by Crippen LogP contribution is 2.37. The van der Waals surface area contributed by atoms with Gasteiger partial charge in [0.2, 0.25) is 0 Å². The van der Waals surface area contributed by atoms with E-state index in [-0.39, 0.29) is 24.3 Å². The number of rotatable bonds is 5. The van der Waals surface area contributed by atoms with Crippen molar-refractivity contribution in [2.45, 2.75) is 90.5 Å². The van der Waals surface area contributed by atoms with Crippen LogP contribution in [0.1, 0.15) is 91.0 Å². The van der Waals surface area contributed by atoms with Gasteiger partial charge in [0.25, 0.3) is 0 Å². The number of aromatic amines is 2. The molecule has 4 heterocycles. The van der Waals surface area contributed by atoms with Crippen LogP contribution in [0, 0.1) is 0 Å². The molecule has 2 fully saturated rings. The van der Waals surface area contributed by atoms with Gasteiger partial charge in [-0.05, 0) is 101 Å². The predicted octanol–water partition coefficient (Wildman–Crippen LogP) is 10.1. The highest BCUT2D eigenvalue weighted by Gasteiger charge is 2.36. The normalized spacial score (nSPS) is 18.1. The largest absolute Gasteiger partial charge is 0.444 e. The van der Waals surface area contributed by atoms with Gasteiger partial charge in [-0.15, -0.1) is 0 Å². The van der Waals surface area contributed by atoms with Crippen molar-refractivity contribution in [2.24, 2.45) is 0 Å². The molecule has 7 rings (SSSR count). The van der Waals surface area contributed by atoms with Crippen LogP contribution in [0.5, 0.6) is 0 Å². The Labute approximate surface area is 303 Å². The van der Waals surface area contributed by atoms with Gasteiger partial charge in [-0.25, -0.2) is 19.6 Å². The topological polar surface area (TPSA) is 116 Å². The van der Waals surface area contributed by atoms with Crippen LogP contribution < -0.4 is 0 Å². The van der Waals surface area contributed by atoms with Crippen molar-refractivity contribution in [3.05, 3.63) is 83.7 Å². The number of halogens is 1. The van der Waals surface area contributed by atoms with Gasteiger partial charge < -0.3 is 19.4 Å². The second-order valence-corrected chi connectivity index (χ2v) is 15.8. The summed E-state index contributed by atoms with van der Waals surface area (Å²) in [5.74, 6) is 1.45. The monoisotopic (exact) mass is 708 g/mol. The minimum absolute atomic E-state index is 0.129. The molecule has 0 spiro atoms. The Hall–Kier alpha value is -4.83. The molecule has 1 unspecified atom stereocenters. The van der Waals surface area contributed by atoms with Crippen LogP contribution in [0.2, 0.25) is 5.15 Å². The van der Waals surface area contributed by atoms with E-state index in [1.54, 1.807) is 9.80 Å². The molecule has 2 atom stereocenters. The smallest absolute Gasteiger partial charge is 0.410 e. The fourth-order valence-corrected chi connectivity index (χ4v) is 7.22. The second-order valence-electron chi connectivity index (χ2n) is 15.5. The van der Waals surface area contributed by atoms with Crippen LogP contribution in [-0.2, 0) is 9.47 Å². The van der Waals surface area contributed by atoms with Crippen molar-refractivity contribution in [3.8, 4) is 33.6 Å². The lowest BCUT2D eigenvalue weighted by Gasteiger charge is -2.27. The highest BCUT2D eigenvalue weighted by atomic mass is 35.5. The number of aromatic nitrogens is 4. The van der Waals surface area contributed by atoms with Crippen molar-refractivity contribution in [1.29, 1.82) is 0 Å². The number of imidazole rings is 2. The van der Waals surface area contributed by atoms with Crippen molar-refractivity contribution < 1.29 is 19.1 Å². The molecular weight excluding hydrogens is 664 g/mol. The number of ether oxygens (including phenoxy) is 2. The fourth-order valence-electron chi connectivity index (χ4n) is 6.97. The number of amides is 2. The molecule has 2 aromatic heterocycles. The van der Waals surface area contributed by atoms with E-state index in [1.165, 1.54) is 0 Å². The average molecular weight is 709 g/mol. The molecule has 2 saturated heterocycles. The zero-order chi connectivity index (χ0) is 36.1. The van der Waals surface area contributed by atoms with Gasteiger partial charge in [0.15, 0.2) is 5.15 Å². The van der Waals surface area contributed by atoms with Crippen LogP contribution in [0.15, 0.2) is 66.9 Å². The number of carbonyl (C=O) groups is 2. The molecule has 51 heavy (non-hydrogen) atoms. The van der Waals surface area contributed by atoms with Gasteiger partial charge in [-0.3, -0.25) is 9.80 Å². The Bertz CT molecular complexity index is 2070. The van der Waals surface area contributed by atoms with Crippen molar-refractivity contribution >= 4 is 34.6 Å². The second kappa shape index (κ2) is 13.4. The summed E-state index contributed by atoms with van der Waals surface area (Å²) in [6, 6.07) is 20.7. The Morgan fingerprint density at radius 3 is 1.80 bits per heavy atom. The highest BCUT2D eigenvalue weighted by molar-refractivity contribution is 6.31. The van der Waals surface area contributed by atoms with Crippen molar-refractivity contribution in [1.82, 2.24) is 29.7 Å². The third-order valence-electron chi connectivity index (χ3n) is 9.31. The Balaban J connectivity index is 1.05. The molecule has 266 valence electrons. The minimum atomic E-state index is -0.568. The van der Waals surface area contributed by atoms with Crippen LogP contribution in [0.4, 0.5) is 9.59 Å². The predicted molar refractivity (Wildman–Crippen MR) is 199 cm³/mol. The number of nitrogens with zero attached hydrogens (tertiary/aromatic N) is 4. The maximum Gasteiger partial charge on any atom is 0.410 e. The lowest BCUT2D eigenvalue weighted by Crippen LogP contribution is -2.36. The van der Waals surface area contributed by atoms with E-state index >= 15 is 0 Å². The summed E-state index contributed by atoms with van der Waals surface area (Å²) in [6.07, 6.45) is 4.71. The third-order valence-corrected chi connectivity index (χ3v) is 9.58. The maximum atomic E-state index is 12.9.